The predicted octanol–water partition coefficient (Wildman–Crippen LogP) is 3.61. The van der Waals surface area contributed by atoms with Gasteiger partial charge in [-0.15, -0.1) is 0 Å². The van der Waals surface area contributed by atoms with Crippen molar-refractivity contribution >= 4 is 17.6 Å². The minimum absolute atomic E-state index is 0.0127. The highest BCUT2D eigenvalue weighted by Gasteiger charge is 2.30. The number of oxazole rings is 1. The van der Waals surface area contributed by atoms with Crippen molar-refractivity contribution in [3.05, 3.63) is 60.0 Å². The van der Waals surface area contributed by atoms with E-state index in [2.05, 4.69) is 20.6 Å². The topological polar surface area (TPSA) is 100 Å². The number of aliphatic hydroxyl groups is 1. The molecule has 2 aromatic heterocycles. The molecule has 0 spiro atoms. The molecule has 2 heterocycles. The molecule has 0 radical (unpaired) electrons. The number of carbonyl (C=O) groups excluding carboxylic acids is 1. The first-order valence-electron chi connectivity index (χ1n) is 8.62. The van der Waals surface area contributed by atoms with Crippen LogP contribution in [-0.2, 0) is 6.18 Å². The Hall–Kier alpha value is -3.40. The van der Waals surface area contributed by atoms with E-state index in [9.17, 15) is 18.0 Å². The van der Waals surface area contributed by atoms with Gasteiger partial charge in [-0.3, -0.25) is 4.79 Å². The molecule has 0 unspecified atom stereocenters. The Morgan fingerprint density at radius 2 is 1.83 bits per heavy atom. The largest absolute Gasteiger partial charge is 0.423 e. The Morgan fingerprint density at radius 3 is 2.45 bits per heavy atom. The number of amides is 1. The summed E-state index contributed by atoms with van der Waals surface area (Å²) >= 11 is 0. The van der Waals surface area contributed by atoms with Gasteiger partial charge in [0.25, 0.3) is 11.9 Å². The van der Waals surface area contributed by atoms with E-state index in [4.69, 9.17) is 9.52 Å². The number of anilines is 2. The maximum absolute atomic E-state index is 12.6. The molecule has 1 aromatic carbocycles. The maximum atomic E-state index is 12.6. The Kier molecular flexibility index (Phi) is 6.13. The van der Waals surface area contributed by atoms with Gasteiger partial charge in [-0.25, -0.2) is 9.97 Å². The predicted molar refractivity (Wildman–Crippen MR) is 98.5 cm³/mol. The van der Waals surface area contributed by atoms with Gasteiger partial charge in [0.1, 0.15) is 5.69 Å². The van der Waals surface area contributed by atoms with Crippen LogP contribution in [0.1, 0.15) is 22.5 Å². The molecule has 3 aromatic rings. The highest BCUT2D eigenvalue weighted by molar-refractivity contribution is 5.92. The zero-order valence-corrected chi connectivity index (χ0v) is 15.0. The Bertz CT molecular complexity index is 954. The van der Waals surface area contributed by atoms with Gasteiger partial charge >= 0.3 is 6.18 Å². The number of hydrogen-bond acceptors (Lipinski definition) is 6. The molecule has 0 saturated heterocycles. The summed E-state index contributed by atoms with van der Waals surface area (Å²) < 4.78 is 43.4. The van der Waals surface area contributed by atoms with E-state index in [0.29, 0.717) is 30.0 Å². The molecule has 0 aliphatic heterocycles. The van der Waals surface area contributed by atoms with E-state index in [-0.39, 0.29) is 24.2 Å². The summed E-state index contributed by atoms with van der Waals surface area (Å²) in [7, 11) is 0. The SMILES string of the molecule is O=C(NCCCO)c1ccc(Nc2ncc(-c3ccc(C(F)(F)F)cc3)o2)cn1. The average molecular weight is 406 g/mol. The van der Waals surface area contributed by atoms with Crippen molar-refractivity contribution in [1.82, 2.24) is 15.3 Å². The van der Waals surface area contributed by atoms with Crippen molar-refractivity contribution in [3.63, 3.8) is 0 Å². The molecule has 0 aliphatic carbocycles. The number of aliphatic hydroxyl groups excluding tert-OH is 1. The molecule has 7 nitrogen and oxygen atoms in total. The second kappa shape index (κ2) is 8.74. The number of aromatic nitrogens is 2. The summed E-state index contributed by atoms with van der Waals surface area (Å²) in [5.41, 5.74) is 0.432. The van der Waals surface area contributed by atoms with E-state index in [1.807, 2.05) is 0 Å². The number of nitrogens with zero attached hydrogens (tertiary/aromatic N) is 2. The van der Waals surface area contributed by atoms with E-state index in [1.54, 1.807) is 6.07 Å². The van der Waals surface area contributed by atoms with Crippen LogP contribution in [0.25, 0.3) is 11.3 Å². The molecule has 0 aliphatic rings. The lowest BCUT2D eigenvalue weighted by molar-refractivity contribution is -0.137. The second-order valence-corrected chi connectivity index (χ2v) is 5.99. The average Bonchev–Trinajstić information content (AvgIpc) is 3.16. The lowest BCUT2D eigenvalue weighted by Crippen LogP contribution is -2.25. The molecular weight excluding hydrogens is 389 g/mol. The van der Waals surface area contributed by atoms with Crippen LogP contribution < -0.4 is 10.6 Å². The van der Waals surface area contributed by atoms with E-state index >= 15 is 0 Å². The van der Waals surface area contributed by atoms with Crippen LogP contribution in [0.4, 0.5) is 24.9 Å². The normalized spacial score (nSPS) is 11.3. The summed E-state index contributed by atoms with van der Waals surface area (Å²) in [6, 6.07) is 7.80. The molecule has 3 N–H and O–H groups in total. The zero-order chi connectivity index (χ0) is 20.9. The van der Waals surface area contributed by atoms with Crippen molar-refractivity contribution in [2.75, 3.05) is 18.5 Å². The van der Waals surface area contributed by atoms with Crippen molar-refractivity contribution in [2.45, 2.75) is 12.6 Å². The second-order valence-electron chi connectivity index (χ2n) is 5.99. The maximum Gasteiger partial charge on any atom is 0.416 e. The van der Waals surface area contributed by atoms with Gasteiger partial charge in [0, 0.05) is 18.7 Å². The molecule has 0 fully saturated rings. The smallest absolute Gasteiger partial charge is 0.416 e. The fourth-order valence-electron chi connectivity index (χ4n) is 2.39. The van der Waals surface area contributed by atoms with Crippen LogP contribution in [0, 0.1) is 0 Å². The number of hydrogen-bond donors (Lipinski definition) is 3. The minimum Gasteiger partial charge on any atom is -0.423 e. The van der Waals surface area contributed by atoms with Crippen LogP contribution in [0.2, 0.25) is 0 Å². The molecule has 29 heavy (non-hydrogen) atoms. The van der Waals surface area contributed by atoms with Gasteiger partial charge < -0.3 is 20.2 Å². The molecule has 1 amide bonds. The van der Waals surface area contributed by atoms with Gasteiger partial charge in [-0.05, 0) is 30.7 Å². The Balaban J connectivity index is 1.63. The standard InChI is InChI=1S/C19H17F3N4O3/c20-19(21,22)13-4-2-12(3-5-13)16-11-25-18(29-16)26-14-6-7-15(24-10-14)17(28)23-8-1-9-27/h2-7,10-11,27H,1,8-9H2,(H,23,28)(H,25,26). The number of rotatable bonds is 7. The summed E-state index contributed by atoms with van der Waals surface area (Å²) in [6.07, 6.45) is -1.14. The molecule has 3 rings (SSSR count). The van der Waals surface area contributed by atoms with Crippen molar-refractivity contribution in [3.8, 4) is 11.3 Å². The number of carbonyl (C=O) groups is 1. The van der Waals surface area contributed by atoms with Crippen molar-refractivity contribution in [1.29, 1.82) is 0 Å². The van der Waals surface area contributed by atoms with Gasteiger partial charge in [0.15, 0.2) is 5.76 Å². The van der Waals surface area contributed by atoms with E-state index < -0.39 is 11.7 Å². The fraction of sp³-hybridized carbons (Fsp3) is 0.211. The lowest BCUT2D eigenvalue weighted by atomic mass is 10.1. The quantitative estimate of drug-likeness (QED) is 0.519. The number of pyridine rings is 1. The molecule has 0 bridgehead atoms. The Labute approximate surface area is 163 Å². The number of nitrogens with one attached hydrogen (secondary N) is 2. The number of halogens is 3. The Morgan fingerprint density at radius 1 is 1.07 bits per heavy atom. The molecule has 0 saturated carbocycles. The summed E-state index contributed by atoms with van der Waals surface area (Å²) in [5, 5.41) is 14.2. The van der Waals surface area contributed by atoms with E-state index in [0.717, 1.165) is 12.1 Å². The highest BCUT2D eigenvalue weighted by atomic mass is 19.4. The molecular formula is C19H17F3N4O3. The monoisotopic (exact) mass is 406 g/mol. The van der Waals surface area contributed by atoms with Gasteiger partial charge in [0.2, 0.25) is 0 Å². The van der Waals surface area contributed by atoms with Gasteiger partial charge in [0.05, 0.1) is 23.6 Å². The lowest BCUT2D eigenvalue weighted by Gasteiger charge is -2.06. The summed E-state index contributed by atoms with van der Waals surface area (Å²) in [5.74, 6) is -0.0558. The number of alkyl halides is 3. The van der Waals surface area contributed by atoms with Crippen molar-refractivity contribution < 1.29 is 27.5 Å². The first-order chi connectivity index (χ1) is 13.9. The van der Waals surface area contributed by atoms with Gasteiger partial charge in [-0.2, -0.15) is 13.2 Å². The van der Waals surface area contributed by atoms with Crippen molar-refractivity contribution in [2.24, 2.45) is 0 Å². The highest BCUT2D eigenvalue weighted by Crippen LogP contribution is 2.31. The summed E-state index contributed by atoms with van der Waals surface area (Å²) in [6.45, 7) is 0.335. The third-order valence-electron chi connectivity index (χ3n) is 3.87. The van der Waals surface area contributed by atoms with Crippen LogP contribution in [0.15, 0.2) is 53.2 Å². The summed E-state index contributed by atoms with van der Waals surface area (Å²) in [4.78, 5) is 19.9. The van der Waals surface area contributed by atoms with Crippen LogP contribution in [0.3, 0.4) is 0 Å². The third-order valence-corrected chi connectivity index (χ3v) is 3.87. The minimum atomic E-state index is -4.40. The molecule has 0 atom stereocenters. The molecule has 152 valence electrons. The first-order valence-corrected chi connectivity index (χ1v) is 8.62. The first kappa shape index (κ1) is 20.3. The van der Waals surface area contributed by atoms with Crippen LogP contribution in [0.5, 0.6) is 0 Å². The fourth-order valence-corrected chi connectivity index (χ4v) is 2.39. The van der Waals surface area contributed by atoms with Crippen LogP contribution in [-0.4, -0.2) is 34.1 Å². The zero-order valence-electron chi connectivity index (χ0n) is 15.0. The number of benzene rings is 1. The van der Waals surface area contributed by atoms with Gasteiger partial charge in [-0.1, -0.05) is 12.1 Å². The van der Waals surface area contributed by atoms with Crippen LogP contribution >= 0.6 is 0 Å². The molecule has 10 heteroatoms. The third kappa shape index (κ3) is 5.32. The van der Waals surface area contributed by atoms with E-state index in [1.165, 1.54) is 30.6 Å².